The van der Waals surface area contributed by atoms with Gasteiger partial charge in [0.15, 0.2) is 0 Å². The molecule has 1 aliphatic rings. The van der Waals surface area contributed by atoms with Crippen LogP contribution in [0.25, 0.3) is 0 Å². The molecule has 0 aromatic heterocycles. The van der Waals surface area contributed by atoms with Crippen molar-refractivity contribution in [2.24, 2.45) is 5.92 Å². The van der Waals surface area contributed by atoms with E-state index in [9.17, 15) is 4.79 Å². The van der Waals surface area contributed by atoms with Crippen molar-refractivity contribution in [2.45, 2.75) is 19.8 Å². The minimum Gasteiger partial charge on any atom is -0.325 e. The molecule has 0 saturated carbocycles. The number of urea groups is 1. The minimum atomic E-state index is 0.0287. The molecule has 4 heteroatoms. The van der Waals surface area contributed by atoms with Crippen molar-refractivity contribution >= 4 is 34.3 Å². The molecule has 3 nitrogen and oxygen atoms in total. The minimum absolute atomic E-state index is 0.0287. The number of carbonyl (C=O) groups is 1. The lowest BCUT2D eigenvalue weighted by atomic mass is 10.00. The highest BCUT2D eigenvalue weighted by Crippen LogP contribution is 2.20. The predicted molar refractivity (Wildman–Crippen MR) is 78.1 cm³/mol. The van der Waals surface area contributed by atoms with Crippen molar-refractivity contribution in [3.8, 4) is 0 Å². The molecule has 1 aromatic carbocycles. The van der Waals surface area contributed by atoms with Crippen molar-refractivity contribution < 1.29 is 4.79 Å². The molecular weight excluding hydrogens is 327 g/mol. The Labute approximate surface area is 116 Å². The lowest BCUT2D eigenvalue weighted by Gasteiger charge is -2.30. The molecule has 17 heavy (non-hydrogen) atoms. The zero-order valence-electron chi connectivity index (χ0n) is 9.95. The first kappa shape index (κ1) is 12.7. The topological polar surface area (TPSA) is 32.3 Å². The second-order valence-corrected chi connectivity index (χ2v) is 5.74. The summed E-state index contributed by atoms with van der Waals surface area (Å²) >= 11 is 2.23. The Morgan fingerprint density at radius 3 is 2.65 bits per heavy atom. The Morgan fingerprint density at radius 2 is 2.00 bits per heavy atom. The lowest BCUT2D eigenvalue weighted by Crippen LogP contribution is -2.40. The Kier molecular flexibility index (Phi) is 4.25. The molecule has 0 unspecified atom stereocenters. The largest absolute Gasteiger partial charge is 0.325 e. The van der Waals surface area contributed by atoms with Crippen LogP contribution in [0.5, 0.6) is 0 Å². The van der Waals surface area contributed by atoms with Crippen LogP contribution in [0, 0.1) is 9.49 Å². The average Bonchev–Trinajstić information content (AvgIpc) is 2.33. The summed E-state index contributed by atoms with van der Waals surface area (Å²) < 4.78 is 1.07. The van der Waals surface area contributed by atoms with E-state index in [0.29, 0.717) is 0 Å². The van der Waals surface area contributed by atoms with Gasteiger partial charge in [-0.05, 0) is 53.5 Å². The van der Waals surface area contributed by atoms with E-state index in [-0.39, 0.29) is 6.03 Å². The Hall–Kier alpha value is -0.780. The van der Waals surface area contributed by atoms with E-state index >= 15 is 0 Å². The molecule has 0 atom stereocenters. The van der Waals surface area contributed by atoms with Gasteiger partial charge in [-0.2, -0.15) is 0 Å². The molecular formula is C13H17IN2O. The molecule has 0 spiro atoms. The molecule has 1 saturated heterocycles. The van der Waals surface area contributed by atoms with E-state index in [2.05, 4.69) is 34.8 Å². The molecule has 1 fully saturated rings. The summed E-state index contributed by atoms with van der Waals surface area (Å²) in [6, 6.07) is 7.87. The van der Waals surface area contributed by atoms with Gasteiger partial charge in [0.1, 0.15) is 0 Å². The summed E-state index contributed by atoms with van der Waals surface area (Å²) in [6.07, 6.45) is 2.22. The van der Waals surface area contributed by atoms with Crippen LogP contribution in [0.3, 0.4) is 0 Å². The van der Waals surface area contributed by atoms with Crippen LogP contribution in [-0.4, -0.2) is 24.0 Å². The number of nitrogens with one attached hydrogen (secondary N) is 1. The monoisotopic (exact) mass is 344 g/mol. The Morgan fingerprint density at radius 1 is 1.35 bits per heavy atom. The SMILES string of the molecule is CC1CCN(C(=O)Nc2ccccc2I)CC1. The first-order valence-corrected chi connectivity index (χ1v) is 7.05. The second kappa shape index (κ2) is 5.71. The first-order valence-electron chi connectivity index (χ1n) is 5.97. The van der Waals surface area contributed by atoms with E-state index in [1.165, 1.54) is 0 Å². The molecule has 1 aliphatic heterocycles. The van der Waals surface area contributed by atoms with Crippen LogP contribution in [0.15, 0.2) is 24.3 Å². The summed E-state index contributed by atoms with van der Waals surface area (Å²) in [5.74, 6) is 0.746. The highest BCUT2D eigenvalue weighted by Gasteiger charge is 2.20. The normalized spacial score (nSPS) is 16.9. The number of piperidine rings is 1. The zero-order chi connectivity index (χ0) is 12.3. The van der Waals surface area contributed by atoms with Gasteiger partial charge in [-0.1, -0.05) is 19.1 Å². The van der Waals surface area contributed by atoms with Crippen molar-refractivity contribution in [3.05, 3.63) is 27.8 Å². The van der Waals surface area contributed by atoms with E-state index in [1.807, 2.05) is 29.2 Å². The number of nitrogens with zero attached hydrogens (tertiary/aromatic N) is 1. The maximum atomic E-state index is 12.0. The van der Waals surface area contributed by atoms with Crippen LogP contribution in [-0.2, 0) is 0 Å². The van der Waals surface area contributed by atoms with Gasteiger partial charge in [0.05, 0.1) is 5.69 Å². The molecule has 92 valence electrons. The molecule has 1 heterocycles. The smallest absolute Gasteiger partial charge is 0.321 e. The number of hydrogen-bond acceptors (Lipinski definition) is 1. The Bertz CT molecular complexity index is 400. The maximum absolute atomic E-state index is 12.0. The van der Waals surface area contributed by atoms with Gasteiger partial charge in [-0.15, -0.1) is 0 Å². The van der Waals surface area contributed by atoms with Gasteiger partial charge in [0, 0.05) is 16.7 Å². The van der Waals surface area contributed by atoms with E-state index in [1.54, 1.807) is 0 Å². The second-order valence-electron chi connectivity index (χ2n) is 4.58. The van der Waals surface area contributed by atoms with Crippen molar-refractivity contribution in [3.63, 3.8) is 0 Å². The number of likely N-dealkylation sites (tertiary alicyclic amines) is 1. The number of amides is 2. The lowest BCUT2D eigenvalue weighted by molar-refractivity contribution is 0.186. The maximum Gasteiger partial charge on any atom is 0.321 e. The van der Waals surface area contributed by atoms with Crippen LogP contribution in [0.4, 0.5) is 10.5 Å². The van der Waals surface area contributed by atoms with E-state index in [0.717, 1.165) is 41.1 Å². The molecule has 0 aliphatic carbocycles. The number of hydrogen-bond donors (Lipinski definition) is 1. The van der Waals surface area contributed by atoms with Gasteiger partial charge in [0.25, 0.3) is 0 Å². The number of anilines is 1. The molecule has 0 bridgehead atoms. The van der Waals surface area contributed by atoms with Crippen molar-refractivity contribution in [2.75, 3.05) is 18.4 Å². The molecule has 1 aromatic rings. The number of para-hydroxylation sites is 1. The molecule has 1 N–H and O–H groups in total. The highest BCUT2D eigenvalue weighted by atomic mass is 127. The summed E-state index contributed by atoms with van der Waals surface area (Å²) in [7, 11) is 0. The predicted octanol–water partition coefficient (Wildman–Crippen LogP) is 3.56. The standard InChI is InChI=1S/C13H17IN2O/c1-10-6-8-16(9-7-10)13(17)15-12-5-3-2-4-11(12)14/h2-5,10H,6-9H2,1H3,(H,15,17). The van der Waals surface area contributed by atoms with E-state index in [4.69, 9.17) is 0 Å². The van der Waals surface area contributed by atoms with Crippen LogP contribution < -0.4 is 5.32 Å². The third-order valence-corrected chi connectivity index (χ3v) is 4.13. The molecule has 2 rings (SSSR count). The number of halogens is 1. The molecule has 0 radical (unpaired) electrons. The Balaban J connectivity index is 1.95. The van der Waals surface area contributed by atoms with Gasteiger partial charge in [-0.25, -0.2) is 4.79 Å². The first-order chi connectivity index (χ1) is 8.16. The molecule has 2 amide bonds. The third-order valence-electron chi connectivity index (χ3n) is 3.19. The van der Waals surface area contributed by atoms with Crippen LogP contribution in [0.1, 0.15) is 19.8 Å². The van der Waals surface area contributed by atoms with Gasteiger partial charge < -0.3 is 10.2 Å². The van der Waals surface area contributed by atoms with Crippen LogP contribution >= 0.6 is 22.6 Å². The van der Waals surface area contributed by atoms with Gasteiger partial charge >= 0.3 is 6.03 Å². The highest BCUT2D eigenvalue weighted by molar-refractivity contribution is 14.1. The van der Waals surface area contributed by atoms with Crippen LogP contribution in [0.2, 0.25) is 0 Å². The summed E-state index contributed by atoms with van der Waals surface area (Å²) in [5, 5.41) is 2.97. The van der Waals surface area contributed by atoms with E-state index < -0.39 is 0 Å². The van der Waals surface area contributed by atoms with Crippen molar-refractivity contribution in [1.29, 1.82) is 0 Å². The number of rotatable bonds is 1. The summed E-state index contributed by atoms with van der Waals surface area (Å²) in [5.41, 5.74) is 0.900. The summed E-state index contributed by atoms with van der Waals surface area (Å²) in [4.78, 5) is 13.9. The fourth-order valence-corrected chi connectivity index (χ4v) is 2.49. The third kappa shape index (κ3) is 3.34. The number of benzene rings is 1. The quantitative estimate of drug-likeness (QED) is 0.777. The fourth-order valence-electron chi connectivity index (χ4n) is 1.97. The van der Waals surface area contributed by atoms with Crippen molar-refractivity contribution in [1.82, 2.24) is 4.90 Å². The van der Waals surface area contributed by atoms with Gasteiger partial charge in [-0.3, -0.25) is 0 Å². The van der Waals surface area contributed by atoms with Gasteiger partial charge in [0.2, 0.25) is 0 Å². The average molecular weight is 344 g/mol. The summed E-state index contributed by atoms with van der Waals surface area (Å²) in [6.45, 7) is 3.99. The fraction of sp³-hybridized carbons (Fsp3) is 0.462. The number of carbonyl (C=O) groups excluding carboxylic acids is 1. The zero-order valence-corrected chi connectivity index (χ0v) is 12.1.